The van der Waals surface area contributed by atoms with Gasteiger partial charge in [-0.25, -0.2) is 0 Å². The van der Waals surface area contributed by atoms with Crippen LogP contribution in [-0.2, 0) is 11.3 Å². The predicted octanol–water partition coefficient (Wildman–Crippen LogP) is 3.04. The summed E-state index contributed by atoms with van der Waals surface area (Å²) in [6, 6.07) is 4.26. The Bertz CT molecular complexity index is 267. The third-order valence-corrected chi connectivity index (χ3v) is 4.01. The average molecular weight is 239 g/mol. The molecule has 1 aromatic heterocycles. The van der Waals surface area contributed by atoms with Crippen molar-refractivity contribution >= 4 is 11.3 Å². The third-order valence-electron chi connectivity index (χ3n) is 3.13. The average Bonchev–Trinajstić information content (AvgIpc) is 2.96. The van der Waals surface area contributed by atoms with Crippen LogP contribution in [0.25, 0.3) is 0 Å². The third kappa shape index (κ3) is 4.24. The Morgan fingerprint density at radius 2 is 2.25 bits per heavy atom. The van der Waals surface area contributed by atoms with Crippen molar-refractivity contribution in [2.24, 2.45) is 5.92 Å². The van der Waals surface area contributed by atoms with E-state index in [2.05, 4.69) is 22.8 Å². The van der Waals surface area contributed by atoms with Gasteiger partial charge < -0.3 is 10.1 Å². The van der Waals surface area contributed by atoms with E-state index >= 15 is 0 Å². The smallest absolute Gasteiger partial charge is 0.0591 e. The van der Waals surface area contributed by atoms with Crippen LogP contribution in [0.2, 0.25) is 0 Å². The lowest BCUT2D eigenvalue weighted by Gasteiger charge is -2.09. The zero-order chi connectivity index (χ0) is 11.1. The molecule has 1 aliphatic carbocycles. The number of ether oxygens (including phenoxy) is 1. The quantitative estimate of drug-likeness (QED) is 0.738. The van der Waals surface area contributed by atoms with Crippen LogP contribution in [0, 0.1) is 5.92 Å². The van der Waals surface area contributed by atoms with Crippen molar-refractivity contribution in [1.29, 1.82) is 0 Å². The van der Waals surface area contributed by atoms with Gasteiger partial charge in [-0.1, -0.05) is 18.9 Å². The summed E-state index contributed by atoms with van der Waals surface area (Å²) in [7, 11) is 0. The molecule has 16 heavy (non-hydrogen) atoms. The molecule has 0 bridgehead atoms. The Morgan fingerprint density at radius 3 is 3.00 bits per heavy atom. The van der Waals surface area contributed by atoms with Gasteiger partial charge in [-0.15, -0.1) is 11.3 Å². The molecule has 90 valence electrons. The maximum atomic E-state index is 5.68. The van der Waals surface area contributed by atoms with E-state index in [-0.39, 0.29) is 0 Å². The second-order valence-corrected chi connectivity index (χ2v) is 5.51. The number of thiophene rings is 1. The minimum atomic E-state index is 0.845. The largest absolute Gasteiger partial charge is 0.380 e. The van der Waals surface area contributed by atoms with Crippen molar-refractivity contribution < 1.29 is 4.74 Å². The van der Waals surface area contributed by atoms with E-state index in [4.69, 9.17) is 4.74 Å². The fraction of sp³-hybridized carbons (Fsp3) is 0.692. The van der Waals surface area contributed by atoms with Gasteiger partial charge >= 0.3 is 0 Å². The summed E-state index contributed by atoms with van der Waals surface area (Å²) in [5.41, 5.74) is 0. The first-order valence-corrected chi connectivity index (χ1v) is 7.14. The van der Waals surface area contributed by atoms with Crippen molar-refractivity contribution in [3.63, 3.8) is 0 Å². The molecule has 2 rings (SSSR count). The van der Waals surface area contributed by atoms with E-state index in [0.717, 1.165) is 32.2 Å². The van der Waals surface area contributed by atoms with Crippen LogP contribution in [0.5, 0.6) is 0 Å². The minimum absolute atomic E-state index is 0.845. The lowest BCUT2D eigenvalue weighted by atomic mass is 10.1. The maximum Gasteiger partial charge on any atom is 0.0591 e. The maximum absolute atomic E-state index is 5.68. The highest BCUT2D eigenvalue weighted by Gasteiger charge is 2.14. The fourth-order valence-electron chi connectivity index (χ4n) is 2.20. The number of rotatable bonds is 7. The van der Waals surface area contributed by atoms with E-state index < -0.39 is 0 Å². The first-order valence-electron chi connectivity index (χ1n) is 6.26. The van der Waals surface area contributed by atoms with Gasteiger partial charge in [0.15, 0.2) is 0 Å². The highest BCUT2D eigenvalue weighted by Crippen LogP contribution is 2.24. The standard InChI is InChI=1S/C13H21NOS/c1-2-5-12(4-1)11-15-8-7-14-10-13-6-3-9-16-13/h3,6,9,12,14H,1-2,4-5,7-8,10-11H2. The van der Waals surface area contributed by atoms with Crippen LogP contribution in [0.1, 0.15) is 30.6 Å². The fourth-order valence-corrected chi connectivity index (χ4v) is 2.87. The number of hydrogen-bond acceptors (Lipinski definition) is 3. The predicted molar refractivity (Wildman–Crippen MR) is 68.8 cm³/mol. The molecule has 1 aromatic rings. The molecule has 2 nitrogen and oxygen atoms in total. The molecule has 0 atom stereocenters. The van der Waals surface area contributed by atoms with Crippen LogP contribution >= 0.6 is 11.3 Å². The second-order valence-electron chi connectivity index (χ2n) is 4.48. The zero-order valence-electron chi connectivity index (χ0n) is 9.78. The van der Waals surface area contributed by atoms with E-state index in [1.165, 1.54) is 30.6 Å². The summed E-state index contributed by atoms with van der Waals surface area (Å²) < 4.78 is 5.68. The molecule has 0 saturated heterocycles. The molecule has 1 heterocycles. The Hall–Kier alpha value is -0.380. The Kier molecular flexibility index (Phi) is 5.32. The highest BCUT2D eigenvalue weighted by atomic mass is 32.1. The monoisotopic (exact) mass is 239 g/mol. The van der Waals surface area contributed by atoms with Crippen molar-refractivity contribution in [2.75, 3.05) is 19.8 Å². The topological polar surface area (TPSA) is 21.3 Å². The molecule has 3 heteroatoms. The number of nitrogens with one attached hydrogen (secondary N) is 1. The molecule has 0 aromatic carbocycles. The molecule has 1 saturated carbocycles. The summed E-state index contributed by atoms with van der Waals surface area (Å²) >= 11 is 1.80. The molecule has 1 aliphatic rings. The SMILES string of the molecule is c1csc(CNCCOCC2CCCC2)c1. The van der Waals surface area contributed by atoms with Crippen molar-refractivity contribution in [1.82, 2.24) is 5.32 Å². The van der Waals surface area contributed by atoms with Crippen LogP contribution in [-0.4, -0.2) is 19.8 Å². The minimum Gasteiger partial charge on any atom is -0.380 e. The van der Waals surface area contributed by atoms with Gasteiger partial charge in [0.1, 0.15) is 0 Å². The molecule has 0 aliphatic heterocycles. The van der Waals surface area contributed by atoms with E-state index in [0.29, 0.717) is 0 Å². The summed E-state index contributed by atoms with van der Waals surface area (Å²) in [5.74, 6) is 0.845. The Labute approximate surface area is 102 Å². The summed E-state index contributed by atoms with van der Waals surface area (Å²) in [6.45, 7) is 3.76. The van der Waals surface area contributed by atoms with Crippen molar-refractivity contribution in [3.05, 3.63) is 22.4 Å². The van der Waals surface area contributed by atoms with E-state index in [9.17, 15) is 0 Å². The van der Waals surface area contributed by atoms with Crippen LogP contribution in [0.3, 0.4) is 0 Å². The van der Waals surface area contributed by atoms with Gasteiger partial charge in [0, 0.05) is 24.6 Å². The highest BCUT2D eigenvalue weighted by molar-refractivity contribution is 7.09. The Balaban J connectivity index is 1.43. The molecular weight excluding hydrogens is 218 g/mol. The molecule has 1 N–H and O–H groups in total. The van der Waals surface area contributed by atoms with E-state index in [1.54, 1.807) is 11.3 Å². The van der Waals surface area contributed by atoms with Crippen LogP contribution in [0.15, 0.2) is 17.5 Å². The van der Waals surface area contributed by atoms with Crippen LogP contribution < -0.4 is 5.32 Å². The molecule has 0 radical (unpaired) electrons. The van der Waals surface area contributed by atoms with E-state index in [1.807, 2.05) is 0 Å². The van der Waals surface area contributed by atoms with Crippen molar-refractivity contribution in [3.8, 4) is 0 Å². The van der Waals surface area contributed by atoms with Crippen LogP contribution in [0.4, 0.5) is 0 Å². The normalized spacial score (nSPS) is 17.0. The molecule has 0 amide bonds. The van der Waals surface area contributed by atoms with Gasteiger partial charge in [0.05, 0.1) is 6.61 Å². The van der Waals surface area contributed by atoms with Gasteiger partial charge in [0.2, 0.25) is 0 Å². The molecule has 0 unspecified atom stereocenters. The first kappa shape index (κ1) is 12.1. The summed E-state index contributed by atoms with van der Waals surface area (Å²) in [4.78, 5) is 1.40. The summed E-state index contributed by atoms with van der Waals surface area (Å²) in [6.07, 6.45) is 5.57. The Morgan fingerprint density at radius 1 is 1.38 bits per heavy atom. The summed E-state index contributed by atoms with van der Waals surface area (Å²) in [5, 5.41) is 5.52. The van der Waals surface area contributed by atoms with Gasteiger partial charge in [-0.3, -0.25) is 0 Å². The molecule has 0 spiro atoms. The molecular formula is C13H21NOS. The van der Waals surface area contributed by atoms with Gasteiger partial charge in [0.25, 0.3) is 0 Å². The number of hydrogen-bond donors (Lipinski definition) is 1. The van der Waals surface area contributed by atoms with Gasteiger partial charge in [-0.2, -0.15) is 0 Å². The lowest BCUT2D eigenvalue weighted by Crippen LogP contribution is -2.20. The molecule has 1 fully saturated rings. The second kappa shape index (κ2) is 7.05. The first-order chi connectivity index (χ1) is 7.95. The van der Waals surface area contributed by atoms with Gasteiger partial charge in [-0.05, 0) is 30.2 Å². The lowest BCUT2D eigenvalue weighted by molar-refractivity contribution is 0.103. The van der Waals surface area contributed by atoms with Crippen molar-refractivity contribution in [2.45, 2.75) is 32.2 Å². The zero-order valence-corrected chi connectivity index (χ0v) is 10.6.